The van der Waals surface area contributed by atoms with Gasteiger partial charge >= 0.3 is 0 Å². The molecule has 2 aromatic rings. The fourth-order valence-corrected chi connectivity index (χ4v) is 4.11. The number of nitrogens with zero attached hydrogens (tertiary/aromatic N) is 1. The first-order chi connectivity index (χ1) is 12.0. The maximum absolute atomic E-state index is 15.1. The van der Waals surface area contributed by atoms with Crippen LogP contribution in [-0.2, 0) is 4.79 Å². The molecule has 5 heteroatoms. The van der Waals surface area contributed by atoms with Gasteiger partial charge in [-0.3, -0.25) is 10.1 Å². The van der Waals surface area contributed by atoms with Crippen molar-refractivity contribution in [3.8, 4) is 11.1 Å². The predicted octanol–water partition coefficient (Wildman–Crippen LogP) is 3.66. The first kappa shape index (κ1) is 16.2. The van der Waals surface area contributed by atoms with Crippen LogP contribution in [0.25, 0.3) is 11.1 Å². The lowest BCUT2D eigenvalue weighted by atomic mass is 9.95. The number of amides is 1. The summed E-state index contributed by atoms with van der Waals surface area (Å²) in [5.74, 6) is -0.774. The minimum Gasteiger partial charge on any atom is -0.344 e. The van der Waals surface area contributed by atoms with Gasteiger partial charge in [-0.2, -0.15) is 0 Å². The first-order valence-electron chi connectivity index (χ1n) is 8.58. The van der Waals surface area contributed by atoms with E-state index in [-0.39, 0.29) is 23.1 Å². The van der Waals surface area contributed by atoms with Crippen LogP contribution in [0.2, 0.25) is 0 Å². The summed E-state index contributed by atoms with van der Waals surface area (Å²) in [6.45, 7) is 0.719. The van der Waals surface area contributed by atoms with Crippen molar-refractivity contribution in [3.05, 3.63) is 59.7 Å². The third-order valence-electron chi connectivity index (χ3n) is 5.51. The molecule has 2 heterocycles. The Morgan fingerprint density at radius 2 is 1.84 bits per heavy atom. The van der Waals surface area contributed by atoms with E-state index >= 15 is 4.39 Å². The molecule has 1 N–H and O–H groups in total. The van der Waals surface area contributed by atoms with Gasteiger partial charge in [-0.15, -0.1) is 0 Å². The zero-order valence-corrected chi connectivity index (χ0v) is 14.1. The Morgan fingerprint density at radius 1 is 1.08 bits per heavy atom. The van der Waals surface area contributed by atoms with Crippen LogP contribution in [0.1, 0.15) is 30.9 Å². The molecule has 130 valence electrons. The van der Waals surface area contributed by atoms with Gasteiger partial charge in [-0.1, -0.05) is 36.4 Å². The number of halogens is 2. The number of rotatable bonds is 2. The summed E-state index contributed by atoms with van der Waals surface area (Å²) in [4.78, 5) is 14.2. The smallest absolute Gasteiger partial charge is 0.242 e. The molecule has 25 heavy (non-hydrogen) atoms. The number of carbonyl (C=O) groups is 1. The fourth-order valence-electron chi connectivity index (χ4n) is 4.11. The summed E-state index contributed by atoms with van der Waals surface area (Å²) in [5, 5.41) is 3.37. The average molecular weight is 342 g/mol. The molecule has 0 bridgehead atoms. The van der Waals surface area contributed by atoms with E-state index in [0.717, 1.165) is 13.0 Å². The Bertz CT molecular complexity index is 838. The van der Waals surface area contributed by atoms with Gasteiger partial charge in [-0.05, 0) is 25.3 Å². The average Bonchev–Trinajstić information content (AvgIpc) is 3.16. The van der Waals surface area contributed by atoms with Crippen LogP contribution in [0.15, 0.2) is 42.5 Å². The van der Waals surface area contributed by atoms with Crippen LogP contribution >= 0.6 is 0 Å². The van der Waals surface area contributed by atoms with Crippen molar-refractivity contribution >= 4 is 5.91 Å². The molecule has 2 saturated heterocycles. The summed E-state index contributed by atoms with van der Waals surface area (Å²) in [7, 11) is 1.80. The quantitative estimate of drug-likeness (QED) is 0.903. The van der Waals surface area contributed by atoms with Gasteiger partial charge in [0.1, 0.15) is 17.2 Å². The molecule has 2 aromatic carbocycles. The maximum atomic E-state index is 15.1. The van der Waals surface area contributed by atoms with Gasteiger partial charge in [0.2, 0.25) is 5.91 Å². The van der Waals surface area contributed by atoms with Crippen LogP contribution in [0.3, 0.4) is 0 Å². The highest BCUT2D eigenvalue weighted by Gasteiger charge is 2.50. The van der Waals surface area contributed by atoms with Crippen LogP contribution in [0, 0.1) is 11.6 Å². The zero-order valence-electron chi connectivity index (χ0n) is 14.1. The van der Waals surface area contributed by atoms with Crippen LogP contribution in [0.5, 0.6) is 0 Å². The SMILES string of the molecule is CN1CC[C@]2(CC[C@H](c3cccc(-c4ccccc4F)c3F)N2)C1=O. The van der Waals surface area contributed by atoms with E-state index < -0.39 is 17.2 Å². The third-order valence-corrected chi connectivity index (χ3v) is 5.51. The molecule has 0 aromatic heterocycles. The number of nitrogens with one attached hydrogen (secondary N) is 1. The highest BCUT2D eigenvalue weighted by atomic mass is 19.1. The summed E-state index contributed by atoms with van der Waals surface area (Å²) >= 11 is 0. The zero-order chi connectivity index (χ0) is 17.6. The van der Waals surface area contributed by atoms with E-state index in [9.17, 15) is 9.18 Å². The van der Waals surface area contributed by atoms with Gasteiger partial charge in [-0.25, -0.2) is 8.78 Å². The third kappa shape index (κ3) is 2.54. The molecule has 0 radical (unpaired) electrons. The Kier molecular flexibility index (Phi) is 3.84. The van der Waals surface area contributed by atoms with Crippen molar-refractivity contribution in [3.63, 3.8) is 0 Å². The lowest BCUT2D eigenvalue weighted by Crippen LogP contribution is -2.47. The Labute approximate surface area is 145 Å². The normalized spacial score (nSPS) is 26.0. The van der Waals surface area contributed by atoms with E-state index in [1.54, 1.807) is 48.3 Å². The highest BCUT2D eigenvalue weighted by molar-refractivity contribution is 5.88. The molecular weight excluding hydrogens is 322 g/mol. The number of likely N-dealkylation sites (tertiary alicyclic amines) is 1. The molecule has 1 amide bonds. The summed E-state index contributed by atoms with van der Waals surface area (Å²) in [5.41, 5.74) is 0.444. The minimum atomic E-state index is -0.570. The Hall–Kier alpha value is -2.27. The molecule has 0 saturated carbocycles. The van der Waals surface area contributed by atoms with E-state index in [4.69, 9.17) is 0 Å². The Morgan fingerprint density at radius 3 is 2.56 bits per heavy atom. The minimum absolute atomic E-state index is 0.0840. The van der Waals surface area contributed by atoms with Crippen molar-refractivity contribution in [2.45, 2.75) is 30.8 Å². The predicted molar refractivity (Wildman–Crippen MR) is 91.9 cm³/mol. The number of hydrogen-bond acceptors (Lipinski definition) is 2. The van der Waals surface area contributed by atoms with Gasteiger partial charge in [0.25, 0.3) is 0 Å². The van der Waals surface area contributed by atoms with E-state index in [0.29, 0.717) is 18.4 Å². The second-order valence-corrected chi connectivity index (χ2v) is 6.98. The second kappa shape index (κ2) is 5.92. The van der Waals surface area contributed by atoms with Gasteiger partial charge in [0.15, 0.2) is 0 Å². The van der Waals surface area contributed by atoms with Crippen molar-refractivity contribution in [1.29, 1.82) is 0 Å². The molecule has 0 unspecified atom stereocenters. The van der Waals surface area contributed by atoms with E-state index in [2.05, 4.69) is 5.32 Å². The second-order valence-electron chi connectivity index (χ2n) is 6.98. The Balaban J connectivity index is 1.68. The van der Waals surface area contributed by atoms with Gasteiger partial charge in [0, 0.05) is 36.3 Å². The standard InChI is InChI=1S/C20H20F2N2O/c1-24-12-11-20(19(24)25)10-9-17(23-20)15-7-4-6-14(18(15)22)13-5-2-3-8-16(13)21/h2-8,17,23H,9-12H2,1H3/t17-,20-/m1/s1. The molecular formula is C20H20F2N2O. The van der Waals surface area contributed by atoms with E-state index in [1.165, 1.54) is 6.07 Å². The van der Waals surface area contributed by atoms with Crippen molar-refractivity contribution in [1.82, 2.24) is 10.2 Å². The molecule has 0 aliphatic carbocycles. The summed E-state index contributed by atoms with van der Waals surface area (Å²) in [6.07, 6.45) is 2.13. The summed E-state index contributed by atoms with van der Waals surface area (Å²) < 4.78 is 29.2. The lowest BCUT2D eigenvalue weighted by molar-refractivity contribution is -0.131. The number of benzene rings is 2. The van der Waals surface area contributed by atoms with Crippen LogP contribution in [-0.4, -0.2) is 29.9 Å². The monoisotopic (exact) mass is 342 g/mol. The molecule has 1 spiro atoms. The highest BCUT2D eigenvalue weighted by Crippen LogP contribution is 2.41. The lowest BCUT2D eigenvalue weighted by Gasteiger charge is -2.24. The van der Waals surface area contributed by atoms with Gasteiger partial charge < -0.3 is 4.90 Å². The van der Waals surface area contributed by atoms with Crippen LogP contribution < -0.4 is 5.32 Å². The molecule has 2 fully saturated rings. The largest absolute Gasteiger partial charge is 0.344 e. The molecule has 4 rings (SSSR count). The maximum Gasteiger partial charge on any atom is 0.242 e. The molecule has 2 atom stereocenters. The van der Waals surface area contributed by atoms with Crippen molar-refractivity contribution in [2.24, 2.45) is 0 Å². The van der Waals surface area contributed by atoms with Gasteiger partial charge in [0.05, 0.1) is 0 Å². The number of hydrogen-bond donors (Lipinski definition) is 1. The van der Waals surface area contributed by atoms with E-state index in [1.807, 2.05) is 0 Å². The number of carbonyl (C=O) groups excluding carboxylic acids is 1. The molecule has 2 aliphatic rings. The topological polar surface area (TPSA) is 32.3 Å². The van der Waals surface area contributed by atoms with Crippen molar-refractivity contribution < 1.29 is 13.6 Å². The fraction of sp³-hybridized carbons (Fsp3) is 0.350. The summed E-state index contributed by atoms with van der Waals surface area (Å²) in [6, 6.07) is 11.0. The van der Waals surface area contributed by atoms with Crippen molar-refractivity contribution in [2.75, 3.05) is 13.6 Å². The molecule has 2 aliphatic heterocycles. The number of likely N-dealkylation sites (N-methyl/N-ethyl adjacent to an activating group) is 1. The first-order valence-corrected chi connectivity index (χ1v) is 8.58. The molecule has 3 nitrogen and oxygen atoms in total. The van der Waals surface area contributed by atoms with Crippen LogP contribution in [0.4, 0.5) is 8.78 Å².